The SMILES string of the molecule is O=C(CN1CCCN(C(=O)c2ccc(F)cc2)CC1)NCc1ccco1. The van der Waals surface area contributed by atoms with Crippen LogP contribution in [0.5, 0.6) is 0 Å². The van der Waals surface area contributed by atoms with Gasteiger partial charge in [-0.2, -0.15) is 0 Å². The Morgan fingerprint density at radius 2 is 1.88 bits per heavy atom. The minimum atomic E-state index is -0.357. The molecule has 6 nitrogen and oxygen atoms in total. The van der Waals surface area contributed by atoms with Crippen molar-refractivity contribution < 1.29 is 18.4 Å². The van der Waals surface area contributed by atoms with E-state index in [0.717, 1.165) is 13.0 Å². The van der Waals surface area contributed by atoms with E-state index in [2.05, 4.69) is 5.32 Å². The van der Waals surface area contributed by atoms with Crippen LogP contribution in [0.1, 0.15) is 22.5 Å². The van der Waals surface area contributed by atoms with Crippen molar-refractivity contribution >= 4 is 11.8 Å². The summed E-state index contributed by atoms with van der Waals surface area (Å²) in [6.45, 7) is 3.21. The van der Waals surface area contributed by atoms with Crippen LogP contribution in [0.15, 0.2) is 47.1 Å². The second kappa shape index (κ2) is 8.62. The summed E-state index contributed by atoms with van der Waals surface area (Å²) in [6.07, 6.45) is 2.36. The van der Waals surface area contributed by atoms with Gasteiger partial charge in [0.2, 0.25) is 5.91 Å². The molecule has 7 heteroatoms. The van der Waals surface area contributed by atoms with Gasteiger partial charge < -0.3 is 14.6 Å². The van der Waals surface area contributed by atoms with Crippen molar-refractivity contribution in [3.8, 4) is 0 Å². The predicted molar refractivity (Wildman–Crippen MR) is 93.9 cm³/mol. The van der Waals surface area contributed by atoms with Crippen LogP contribution in [0.2, 0.25) is 0 Å². The second-order valence-electron chi connectivity index (χ2n) is 6.28. The molecule has 1 aromatic carbocycles. The van der Waals surface area contributed by atoms with Gasteiger partial charge >= 0.3 is 0 Å². The van der Waals surface area contributed by atoms with Crippen LogP contribution in [0.4, 0.5) is 4.39 Å². The number of carbonyl (C=O) groups excluding carboxylic acids is 2. The van der Waals surface area contributed by atoms with Crippen LogP contribution in [0.3, 0.4) is 0 Å². The van der Waals surface area contributed by atoms with Crippen molar-refractivity contribution in [2.45, 2.75) is 13.0 Å². The van der Waals surface area contributed by atoms with Gasteiger partial charge in [0.1, 0.15) is 11.6 Å². The third kappa shape index (κ3) is 4.92. The summed E-state index contributed by atoms with van der Waals surface area (Å²) in [6, 6.07) is 9.18. The number of hydrogen-bond donors (Lipinski definition) is 1. The second-order valence-corrected chi connectivity index (χ2v) is 6.28. The van der Waals surface area contributed by atoms with Gasteiger partial charge in [-0.1, -0.05) is 0 Å². The van der Waals surface area contributed by atoms with E-state index in [1.807, 2.05) is 11.0 Å². The monoisotopic (exact) mass is 359 g/mol. The molecule has 0 spiro atoms. The third-order valence-corrected chi connectivity index (χ3v) is 4.37. The molecule has 2 aromatic rings. The lowest BCUT2D eigenvalue weighted by atomic mass is 10.2. The molecule has 0 atom stereocenters. The van der Waals surface area contributed by atoms with Crippen molar-refractivity contribution in [2.24, 2.45) is 0 Å². The van der Waals surface area contributed by atoms with E-state index in [9.17, 15) is 14.0 Å². The summed E-state index contributed by atoms with van der Waals surface area (Å²) in [5.41, 5.74) is 0.482. The van der Waals surface area contributed by atoms with Crippen molar-refractivity contribution in [2.75, 3.05) is 32.7 Å². The first kappa shape index (κ1) is 18.1. The lowest BCUT2D eigenvalue weighted by Crippen LogP contribution is -2.39. The van der Waals surface area contributed by atoms with Crippen molar-refractivity contribution in [3.63, 3.8) is 0 Å². The summed E-state index contributed by atoms with van der Waals surface area (Å²) < 4.78 is 18.2. The number of furan rings is 1. The summed E-state index contributed by atoms with van der Waals surface area (Å²) >= 11 is 0. The van der Waals surface area contributed by atoms with E-state index in [0.29, 0.717) is 44.0 Å². The molecule has 26 heavy (non-hydrogen) atoms. The Morgan fingerprint density at radius 3 is 2.62 bits per heavy atom. The van der Waals surface area contributed by atoms with Crippen molar-refractivity contribution in [1.82, 2.24) is 15.1 Å². The maximum absolute atomic E-state index is 13.0. The molecule has 0 radical (unpaired) electrons. The Kier molecular flexibility index (Phi) is 6.01. The maximum Gasteiger partial charge on any atom is 0.253 e. The molecule has 3 rings (SSSR count). The fourth-order valence-electron chi connectivity index (χ4n) is 2.97. The quantitative estimate of drug-likeness (QED) is 0.885. The number of halogens is 1. The van der Waals surface area contributed by atoms with Crippen molar-refractivity contribution in [1.29, 1.82) is 0 Å². The van der Waals surface area contributed by atoms with Gasteiger partial charge in [0.25, 0.3) is 5.91 Å². The lowest BCUT2D eigenvalue weighted by Gasteiger charge is -2.21. The number of benzene rings is 1. The highest BCUT2D eigenvalue weighted by Crippen LogP contribution is 2.10. The Hall–Kier alpha value is -2.67. The number of nitrogens with zero attached hydrogens (tertiary/aromatic N) is 2. The predicted octanol–water partition coefficient (Wildman–Crippen LogP) is 1.88. The van der Waals surface area contributed by atoms with Crippen LogP contribution in [0.25, 0.3) is 0 Å². The molecule has 0 unspecified atom stereocenters. The van der Waals surface area contributed by atoms with Crippen LogP contribution in [-0.4, -0.2) is 54.3 Å². The molecule has 0 bridgehead atoms. The summed E-state index contributed by atoms with van der Waals surface area (Å²) in [7, 11) is 0. The standard InChI is InChI=1S/C19H22FN3O3/c20-16-6-4-15(5-7-16)19(25)23-9-2-8-22(10-11-23)14-18(24)21-13-17-3-1-12-26-17/h1,3-7,12H,2,8-11,13-14H2,(H,21,24). The fourth-order valence-corrected chi connectivity index (χ4v) is 2.97. The molecule has 0 saturated carbocycles. The zero-order valence-electron chi connectivity index (χ0n) is 14.5. The van der Waals surface area contributed by atoms with E-state index >= 15 is 0 Å². The topological polar surface area (TPSA) is 65.8 Å². The zero-order chi connectivity index (χ0) is 18.4. The highest BCUT2D eigenvalue weighted by Gasteiger charge is 2.21. The summed E-state index contributed by atoms with van der Waals surface area (Å²) in [4.78, 5) is 28.4. The number of carbonyl (C=O) groups is 2. The normalized spacial score (nSPS) is 15.5. The van der Waals surface area contributed by atoms with Gasteiger partial charge in [-0.15, -0.1) is 0 Å². The first-order chi connectivity index (χ1) is 12.6. The first-order valence-corrected chi connectivity index (χ1v) is 8.68. The average molecular weight is 359 g/mol. The van der Waals surface area contributed by atoms with Gasteiger partial charge in [0, 0.05) is 31.7 Å². The van der Waals surface area contributed by atoms with E-state index in [1.54, 1.807) is 17.2 Å². The van der Waals surface area contributed by atoms with Crippen LogP contribution in [-0.2, 0) is 11.3 Å². The largest absolute Gasteiger partial charge is 0.467 e. The molecule has 138 valence electrons. The highest BCUT2D eigenvalue weighted by molar-refractivity contribution is 5.94. The van der Waals surface area contributed by atoms with Crippen molar-refractivity contribution in [3.05, 3.63) is 59.8 Å². The molecular weight excluding hydrogens is 337 g/mol. The highest BCUT2D eigenvalue weighted by atomic mass is 19.1. The minimum Gasteiger partial charge on any atom is -0.467 e. The minimum absolute atomic E-state index is 0.0697. The van der Waals surface area contributed by atoms with Gasteiger partial charge in [0.15, 0.2) is 0 Å². The van der Waals surface area contributed by atoms with Gasteiger partial charge in [-0.25, -0.2) is 4.39 Å². The summed E-state index contributed by atoms with van der Waals surface area (Å²) in [5.74, 6) is 0.184. The van der Waals surface area contributed by atoms with E-state index in [1.165, 1.54) is 24.3 Å². The van der Waals surface area contributed by atoms with Gasteiger partial charge in [0.05, 0.1) is 19.4 Å². The number of rotatable bonds is 5. The molecule has 1 fully saturated rings. The molecule has 1 aromatic heterocycles. The van der Waals surface area contributed by atoms with E-state index < -0.39 is 0 Å². The number of amides is 2. The Bertz CT molecular complexity index is 731. The smallest absolute Gasteiger partial charge is 0.253 e. The van der Waals surface area contributed by atoms with E-state index in [4.69, 9.17) is 4.42 Å². The number of hydrogen-bond acceptors (Lipinski definition) is 4. The molecule has 1 aliphatic rings. The number of nitrogens with one attached hydrogen (secondary N) is 1. The molecule has 0 aliphatic carbocycles. The maximum atomic E-state index is 13.0. The molecule has 1 aliphatic heterocycles. The zero-order valence-corrected chi connectivity index (χ0v) is 14.5. The lowest BCUT2D eigenvalue weighted by molar-refractivity contribution is -0.122. The van der Waals surface area contributed by atoms with E-state index in [-0.39, 0.29) is 17.6 Å². The molecular formula is C19H22FN3O3. The van der Waals surface area contributed by atoms with Gasteiger partial charge in [-0.05, 0) is 42.8 Å². The summed E-state index contributed by atoms with van der Waals surface area (Å²) in [5, 5.41) is 2.83. The Morgan fingerprint density at radius 1 is 1.08 bits per heavy atom. The molecule has 1 saturated heterocycles. The molecule has 1 N–H and O–H groups in total. The van der Waals surface area contributed by atoms with Gasteiger partial charge in [-0.3, -0.25) is 14.5 Å². The Balaban J connectivity index is 1.47. The molecule has 2 heterocycles. The van der Waals surface area contributed by atoms with Crippen LogP contribution in [0, 0.1) is 5.82 Å². The van der Waals surface area contributed by atoms with Crippen LogP contribution >= 0.6 is 0 Å². The fraction of sp³-hybridized carbons (Fsp3) is 0.368. The Labute approximate surface area is 151 Å². The molecule has 2 amide bonds. The average Bonchev–Trinajstić information content (AvgIpc) is 3.06. The first-order valence-electron chi connectivity index (χ1n) is 8.68. The van der Waals surface area contributed by atoms with Crippen LogP contribution < -0.4 is 5.32 Å². The third-order valence-electron chi connectivity index (χ3n) is 4.37.